The van der Waals surface area contributed by atoms with Gasteiger partial charge in [-0.05, 0) is 38.0 Å². The van der Waals surface area contributed by atoms with Crippen LogP contribution in [0.1, 0.15) is 36.9 Å². The number of aromatic nitrogens is 1. The monoisotopic (exact) mass is 398 g/mol. The summed E-state index contributed by atoms with van der Waals surface area (Å²) in [5, 5.41) is 0.339. The van der Waals surface area contributed by atoms with Crippen molar-refractivity contribution in [3.05, 3.63) is 59.5 Å². The van der Waals surface area contributed by atoms with E-state index in [4.69, 9.17) is 0 Å². The first kappa shape index (κ1) is 19.7. The second kappa shape index (κ2) is 7.88. The predicted molar refractivity (Wildman–Crippen MR) is 94.6 cm³/mol. The van der Waals surface area contributed by atoms with E-state index in [2.05, 4.69) is 4.98 Å². The number of rotatable bonds is 6. The Balaban J connectivity index is 1.67. The Morgan fingerprint density at radius 2 is 1.96 bits per heavy atom. The highest BCUT2D eigenvalue weighted by Gasteiger charge is 2.37. The number of thioether (sulfide) groups is 1. The summed E-state index contributed by atoms with van der Waals surface area (Å²) in [7, 11) is 0. The molecule has 3 rings (SSSR count). The Bertz CT molecular complexity index is 806. The van der Waals surface area contributed by atoms with Crippen LogP contribution >= 0.6 is 11.8 Å². The van der Waals surface area contributed by atoms with Gasteiger partial charge in [0.1, 0.15) is 5.82 Å². The standard InChI is InChI=1S/C19H18F4N2OS/c1-12(15-4-2-3-5-16(15)20)25(14-7-8-14)18(26)11-27-17-9-6-13(10-24-17)19(21,22)23/h2-6,9-10,12,14H,7-8,11H2,1H3. The summed E-state index contributed by atoms with van der Waals surface area (Å²) in [4.78, 5) is 18.2. The maximum absolute atomic E-state index is 14.1. The molecule has 8 heteroatoms. The fourth-order valence-corrected chi connectivity index (χ4v) is 3.61. The Morgan fingerprint density at radius 3 is 2.52 bits per heavy atom. The maximum atomic E-state index is 14.1. The van der Waals surface area contributed by atoms with E-state index in [9.17, 15) is 22.4 Å². The minimum Gasteiger partial charge on any atom is -0.332 e. The van der Waals surface area contributed by atoms with E-state index < -0.39 is 17.8 Å². The zero-order valence-corrected chi connectivity index (χ0v) is 15.4. The van der Waals surface area contributed by atoms with Crippen molar-refractivity contribution in [2.45, 2.75) is 43.1 Å². The van der Waals surface area contributed by atoms with Crippen molar-refractivity contribution in [3.63, 3.8) is 0 Å². The third-order valence-electron chi connectivity index (χ3n) is 4.41. The number of halogens is 4. The van der Waals surface area contributed by atoms with Crippen molar-refractivity contribution < 1.29 is 22.4 Å². The van der Waals surface area contributed by atoms with Crippen molar-refractivity contribution in [2.24, 2.45) is 0 Å². The first-order chi connectivity index (χ1) is 12.8. The Labute approximate surface area is 158 Å². The number of alkyl halides is 3. The van der Waals surface area contributed by atoms with Gasteiger partial charge in [-0.25, -0.2) is 9.37 Å². The molecule has 0 aliphatic heterocycles. The Morgan fingerprint density at radius 1 is 1.26 bits per heavy atom. The van der Waals surface area contributed by atoms with Gasteiger partial charge in [0.2, 0.25) is 5.91 Å². The fourth-order valence-electron chi connectivity index (χ4n) is 2.90. The van der Waals surface area contributed by atoms with Gasteiger partial charge in [-0.15, -0.1) is 0 Å². The molecule has 0 saturated heterocycles. The minimum atomic E-state index is -4.44. The van der Waals surface area contributed by atoms with Gasteiger partial charge in [0, 0.05) is 17.8 Å². The van der Waals surface area contributed by atoms with Crippen LogP contribution in [0.15, 0.2) is 47.6 Å². The average molecular weight is 398 g/mol. The van der Waals surface area contributed by atoms with Crippen LogP contribution in [-0.2, 0) is 11.0 Å². The highest BCUT2D eigenvalue weighted by atomic mass is 32.2. The molecule has 1 aromatic heterocycles. The first-order valence-corrected chi connectivity index (χ1v) is 9.47. The molecule has 3 nitrogen and oxygen atoms in total. The zero-order chi connectivity index (χ0) is 19.6. The van der Waals surface area contributed by atoms with Gasteiger partial charge in [-0.2, -0.15) is 13.2 Å². The summed E-state index contributed by atoms with van der Waals surface area (Å²) in [5.74, 6) is -0.506. The number of pyridine rings is 1. The molecule has 0 spiro atoms. The van der Waals surface area contributed by atoms with Gasteiger partial charge in [-0.3, -0.25) is 4.79 Å². The molecule has 1 aliphatic carbocycles. The van der Waals surface area contributed by atoms with E-state index >= 15 is 0 Å². The number of amides is 1. The summed E-state index contributed by atoms with van der Waals surface area (Å²) in [6, 6.07) is 8.21. The van der Waals surface area contributed by atoms with Crippen molar-refractivity contribution in [2.75, 3.05) is 5.75 Å². The molecule has 0 radical (unpaired) electrons. The lowest BCUT2D eigenvalue weighted by Gasteiger charge is -2.30. The van der Waals surface area contributed by atoms with Crippen molar-refractivity contribution >= 4 is 17.7 Å². The molecule has 1 fully saturated rings. The lowest BCUT2D eigenvalue weighted by molar-refractivity contribution is -0.138. The molecule has 1 aromatic carbocycles. The smallest absolute Gasteiger partial charge is 0.332 e. The van der Waals surface area contributed by atoms with Crippen LogP contribution in [0.25, 0.3) is 0 Å². The lowest BCUT2D eigenvalue weighted by atomic mass is 10.1. The van der Waals surface area contributed by atoms with Crippen LogP contribution in [-0.4, -0.2) is 27.6 Å². The fraction of sp³-hybridized carbons (Fsp3) is 0.368. The number of carbonyl (C=O) groups excluding carboxylic acids is 1. The van der Waals surface area contributed by atoms with Crippen LogP contribution in [0.5, 0.6) is 0 Å². The first-order valence-electron chi connectivity index (χ1n) is 8.49. The van der Waals surface area contributed by atoms with Gasteiger partial charge in [0.05, 0.1) is 22.4 Å². The maximum Gasteiger partial charge on any atom is 0.417 e. The highest BCUT2D eigenvalue weighted by molar-refractivity contribution is 7.99. The van der Waals surface area contributed by atoms with E-state index in [0.29, 0.717) is 10.6 Å². The molecule has 1 atom stereocenters. The second-order valence-corrected chi connectivity index (χ2v) is 7.40. The van der Waals surface area contributed by atoms with Gasteiger partial charge in [0.25, 0.3) is 0 Å². The molecule has 1 heterocycles. The van der Waals surface area contributed by atoms with Crippen LogP contribution < -0.4 is 0 Å². The molecule has 1 unspecified atom stereocenters. The Kier molecular flexibility index (Phi) is 5.74. The van der Waals surface area contributed by atoms with Crippen molar-refractivity contribution in [3.8, 4) is 0 Å². The van der Waals surface area contributed by atoms with Crippen molar-refractivity contribution in [1.82, 2.24) is 9.88 Å². The number of hydrogen-bond donors (Lipinski definition) is 0. The zero-order valence-electron chi connectivity index (χ0n) is 14.5. The third kappa shape index (κ3) is 4.80. The molecular formula is C19H18F4N2OS. The van der Waals surface area contributed by atoms with E-state index in [1.807, 2.05) is 0 Å². The number of benzene rings is 1. The van der Waals surface area contributed by atoms with Crippen LogP contribution in [0.3, 0.4) is 0 Å². The largest absolute Gasteiger partial charge is 0.417 e. The quantitative estimate of drug-likeness (QED) is 0.502. The molecule has 0 N–H and O–H groups in total. The minimum absolute atomic E-state index is 0.0354. The summed E-state index contributed by atoms with van der Waals surface area (Å²) in [6.45, 7) is 1.79. The molecule has 1 amide bonds. The average Bonchev–Trinajstić information content (AvgIpc) is 3.45. The predicted octanol–water partition coefficient (Wildman–Crippen LogP) is 5.08. The lowest BCUT2D eigenvalue weighted by Crippen LogP contribution is -2.37. The second-order valence-electron chi connectivity index (χ2n) is 6.40. The normalized spacial score (nSPS) is 15.4. The van der Waals surface area contributed by atoms with E-state index in [1.165, 1.54) is 12.1 Å². The SMILES string of the molecule is CC(c1ccccc1F)N(C(=O)CSc1ccc(C(F)(F)F)cn1)C1CC1. The third-order valence-corrected chi connectivity index (χ3v) is 5.34. The van der Waals surface area contributed by atoms with E-state index in [1.54, 1.807) is 30.0 Å². The molecule has 2 aromatic rings. The van der Waals surface area contributed by atoms with Crippen LogP contribution in [0, 0.1) is 5.82 Å². The van der Waals surface area contributed by atoms with Gasteiger partial charge in [-0.1, -0.05) is 30.0 Å². The summed E-state index contributed by atoms with van der Waals surface area (Å²) in [5.41, 5.74) is -0.374. The van der Waals surface area contributed by atoms with E-state index in [-0.39, 0.29) is 23.5 Å². The topological polar surface area (TPSA) is 33.2 Å². The molecule has 27 heavy (non-hydrogen) atoms. The molecule has 1 saturated carbocycles. The van der Waals surface area contributed by atoms with Crippen LogP contribution in [0.2, 0.25) is 0 Å². The summed E-state index contributed by atoms with van der Waals surface area (Å²) < 4.78 is 51.8. The molecular weight excluding hydrogens is 380 g/mol. The number of hydrogen-bond acceptors (Lipinski definition) is 3. The number of carbonyl (C=O) groups is 1. The molecule has 144 valence electrons. The van der Waals surface area contributed by atoms with E-state index in [0.717, 1.165) is 36.9 Å². The van der Waals surface area contributed by atoms with Crippen LogP contribution in [0.4, 0.5) is 17.6 Å². The Hall–Kier alpha value is -2.09. The van der Waals surface area contributed by atoms with Crippen molar-refractivity contribution in [1.29, 1.82) is 0 Å². The van der Waals surface area contributed by atoms with Gasteiger partial charge < -0.3 is 4.90 Å². The highest BCUT2D eigenvalue weighted by Crippen LogP contribution is 2.36. The molecule has 0 bridgehead atoms. The summed E-state index contributed by atoms with van der Waals surface area (Å²) >= 11 is 1.07. The molecule has 1 aliphatic rings. The van der Waals surface area contributed by atoms with Gasteiger partial charge >= 0.3 is 6.18 Å². The summed E-state index contributed by atoms with van der Waals surface area (Å²) in [6.07, 6.45) is -1.95. The number of nitrogens with zero attached hydrogens (tertiary/aromatic N) is 2. The van der Waals surface area contributed by atoms with Gasteiger partial charge in [0.15, 0.2) is 0 Å².